The van der Waals surface area contributed by atoms with Crippen LogP contribution in [0.5, 0.6) is 11.5 Å². The standard InChI is InChI=1S/C25H25NO4S/c1-2-21(30-25(28)23-16-17-8-6-7-11-22(17)31-23)24(27)26-18-12-14-20(15-13-18)29-19-9-4-3-5-10-19/h3-5,9-10,12-16,21H,2,6-8,11H2,1H3,(H,26,27). The van der Waals surface area contributed by atoms with Gasteiger partial charge in [0, 0.05) is 10.6 Å². The SMILES string of the molecule is CCC(OC(=O)c1cc2c(s1)CCCC2)C(=O)Nc1ccc(Oc2ccccc2)cc1. The van der Waals surface area contributed by atoms with Gasteiger partial charge in [0.15, 0.2) is 6.10 Å². The molecular formula is C25H25NO4S. The Morgan fingerprint density at radius 3 is 2.42 bits per heavy atom. The van der Waals surface area contributed by atoms with E-state index in [2.05, 4.69) is 5.32 Å². The number of carbonyl (C=O) groups is 2. The van der Waals surface area contributed by atoms with E-state index in [1.54, 1.807) is 24.3 Å². The number of carbonyl (C=O) groups excluding carboxylic acids is 2. The van der Waals surface area contributed by atoms with E-state index in [1.807, 2.05) is 43.3 Å². The summed E-state index contributed by atoms with van der Waals surface area (Å²) in [5.41, 5.74) is 1.87. The molecule has 1 N–H and O–H groups in total. The lowest BCUT2D eigenvalue weighted by atomic mass is 9.99. The second-order valence-electron chi connectivity index (χ2n) is 7.50. The number of hydrogen-bond acceptors (Lipinski definition) is 5. The molecule has 5 nitrogen and oxygen atoms in total. The summed E-state index contributed by atoms with van der Waals surface area (Å²) in [6.45, 7) is 1.83. The molecule has 4 rings (SSSR count). The topological polar surface area (TPSA) is 64.6 Å². The molecule has 0 radical (unpaired) electrons. The number of nitrogens with one attached hydrogen (secondary N) is 1. The van der Waals surface area contributed by atoms with Gasteiger partial charge in [0.1, 0.15) is 16.4 Å². The highest BCUT2D eigenvalue weighted by Gasteiger charge is 2.24. The highest BCUT2D eigenvalue weighted by Crippen LogP contribution is 2.30. The molecule has 31 heavy (non-hydrogen) atoms. The molecule has 0 fully saturated rings. The van der Waals surface area contributed by atoms with E-state index in [-0.39, 0.29) is 5.91 Å². The number of ether oxygens (including phenoxy) is 2. The highest BCUT2D eigenvalue weighted by molar-refractivity contribution is 7.14. The Kier molecular flexibility index (Phi) is 6.67. The summed E-state index contributed by atoms with van der Waals surface area (Å²) in [7, 11) is 0. The summed E-state index contributed by atoms with van der Waals surface area (Å²) in [6, 6.07) is 18.5. The van der Waals surface area contributed by atoms with Gasteiger partial charge in [0.25, 0.3) is 5.91 Å². The van der Waals surface area contributed by atoms with Crippen LogP contribution < -0.4 is 10.1 Å². The van der Waals surface area contributed by atoms with Gasteiger partial charge in [-0.1, -0.05) is 25.1 Å². The van der Waals surface area contributed by atoms with Crippen molar-refractivity contribution in [2.45, 2.75) is 45.1 Å². The van der Waals surface area contributed by atoms with Crippen molar-refractivity contribution in [1.82, 2.24) is 0 Å². The lowest BCUT2D eigenvalue weighted by Gasteiger charge is -2.16. The number of aryl methyl sites for hydroxylation is 2. The maximum Gasteiger partial charge on any atom is 0.349 e. The fourth-order valence-corrected chi connectivity index (χ4v) is 4.69. The molecule has 1 unspecified atom stereocenters. The first-order chi connectivity index (χ1) is 15.1. The molecule has 0 aliphatic heterocycles. The first-order valence-corrected chi connectivity index (χ1v) is 11.4. The third kappa shape index (κ3) is 5.33. The van der Waals surface area contributed by atoms with Gasteiger partial charge in [-0.25, -0.2) is 4.79 Å². The Hall–Kier alpha value is -3.12. The molecule has 1 aliphatic carbocycles. The van der Waals surface area contributed by atoms with Crippen molar-refractivity contribution in [2.24, 2.45) is 0 Å². The van der Waals surface area contributed by atoms with Crippen LogP contribution in [0, 0.1) is 0 Å². The number of para-hydroxylation sites is 1. The normalized spacial score (nSPS) is 13.7. The minimum absolute atomic E-state index is 0.339. The zero-order valence-corrected chi connectivity index (χ0v) is 18.2. The maximum absolute atomic E-state index is 12.7. The van der Waals surface area contributed by atoms with Gasteiger partial charge < -0.3 is 14.8 Å². The monoisotopic (exact) mass is 435 g/mol. The van der Waals surface area contributed by atoms with Gasteiger partial charge in [0.05, 0.1) is 0 Å². The largest absolute Gasteiger partial charge is 0.457 e. The first-order valence-electron chi connectivity index (χ1n) is 10.6. The predicted octanol–water partition coefficient (Wildman–Crippen LogP) is 5.99. The van der Waals surface area contributed by atoms with Crippen LogP contribution in [-0.2, 0) is 22.4 Å². The van der Waals surface area contributed by atoms with Gasteiger partial charge in [-0.15, -0.1) is 11.3 Å². The Labute approximate surface area is 186 Å². The van der Waals surface area contributed by atoms with Crippen molar-refractivity contribution in [1.29, 1.82) is 0 Å². The third-order valence-electron chi connectivity index (χ3n) is 5.21. The number of rotatable bonds is 7. The molecule has 0 spiro atoms. The summed E-state index contributed by atoms with van der Waals surface area (Å²) in [5, 5.41) is 2.82. The van der Waals surface area contributed by atoms with Crippen molar-refractivity contribution in [2.75, 3.05) is 5.32 Å². The van der Waals surface area contributed by atoms with Gasteiger partial charge in [-0.2, -0.15) is 0 Å². The smallest absolute Gasteiger partial charge is 0.349 e. The van der Waals surface area contributed by atoms with Crippen LogP contribution in [0.2, 0.25) is 0 Å². The lowest BCUT2D eigenvalue weighted by molar-refractivity contribution is -0.124. The fourth-order valence-electron chi connectivity index (χ4n) is 3.55. The number of anilines is 1. The quantitative estimate of drug-likeness (QED) is 0.463. The molecule has 2 aromatic carbocycles. The molecule has 160 valence electrons. The number of hydrogen-bond donors (Lipinski definition) is 1. The van der Waals surface area contributed by atoms with Crippen LogP contribution >= 0.6 is 11.3 Å². The predicted molar refractivity (Wildman–Crippen MR) is 122 cm³/mol. The Morgan fingerprint density at radius 1 is 1.00 bits per heavy atom. The average Bonchev–Trinajstić information content (AvgIpc) is 3.24. The minimum atomic E-state index is -0.841. The molecule has 1 amide bonds. The van der Waals surface area contributed by atoms with E-state index in [9.17, 15) is 9.59 Å². The van der Waals surface area contributed by atoms with E-state index in [0.29, 0.717) is 22.7 Å². The Bertz CT molecular complexity index is 1020. The second kappa shape index (κ2) is 9.79. The van der Waals surface area contributed by atoms with Crippen LogP contribution in [0.1, 0.15) is 46.3 Å². The number of benzene rings is 2. The molecule has 6 heteroatoms. The molecule has 0 saturated carbocycles. The van der Waals surface area contributed by atoms with Crippen molar-refractivity contribution >= 4 is 28.9 Å². The molecule has 1 heterocycles. The molecular weight excluding hydrogens is 410 g/mol. The molecule has 1 aromatic heterocycles. The van der Waals surface area contributed by atoms with Crippen LogP contribution in [0.25, 0.3) is 0 Å². The Balaban J connectivity index is 1.35. The highest BCUT2D eigenvalue weighted by atomic mass is 32.1. The third-order valence-corrected chi connectivity index (χ3v) is 6.43. The molecule has 0 bridgehead atoms. The molecule has 1 aliphatic rings. The average molecular weight is 436 g/mol. The molecule has 1 atom stereocenters. The summed E-state index contributed by atoms with van der Waals surface area (Å²) in [6.07, 6.45) is 3.92. The summed E-state index contributed by atoms with van der Waals surface area (Å²) in [4.78, 5) is 27.1. The fraction of sp³-hybridized carbons (Fsp3) is 0.280. The van der Waals surface area contributed by atoms with Crippen LogP contribution in [0.15, 0.2) is 60.7 Å². The number of fused-ring (bicyclic) bond motifs is 1. The minimum Gasteiger partial charge on any atom is -0.457 e. The van der Waals surface area contributed by atoms with E-state index in [4.69, 9.17) is 9.47 Å². The van der Waals surface area contributed by atoms with Crippen molar-refractivity contribution in [3.63, 3.8) is 0 Å². The van der Waals surface area contributed by atoms with Crippen molar-refractivity contribution < 1.29 is 19.1 Å². The number of amides is 1. The van der Waals surface area contributed by atoms with E-state index < -0.39 is 12.1 Å². The maximum atomic E-state index is 12.7. The molecule has 3 aromatic rings. The van der Waals surface area contributed by atoms with E-state index in [0.717, 1.165) is 31.4 Å². The van der Waals surface area contributed by atoms with Crippen LogP contribution in [-0.4, -0.2) is 18.0 Å². The summed E-state index contributed by atoms with van der Waals surface area (Å²) in [5.74, 6) is 0.652. The number of esters is 1. The van der Waals surface area contributed by atoms with Crippen molar-refractivity contribution in [3.05, 3.63) is 76.0 Å². The van der Waals surface area contributed by atoms with Crippen LogP contribution in [0.3, 0.4) is 0 Å². The van der Waals surface area contributed by atoms with Gasteiger partial charge in [0.2, 0.25) is 0 Å². The zero-order valence-electron chi connectivity index (χ0n) is 17.4. The lowest BCUT2D eigenvalue weighted by Crippen LogP contribution is -2.31. The van der Waals surface area contributed by atoms with Crippen LogP contribution in [0.4, 0.5) is 5.69 Å². The van der Waals surface area contributed by atoms with Crippen molar-refractivity contribution in [3.8, 4) is 11.5 Å². The zero-order chi connectivity index (χ0) is 21.6. The first kappa shape index (κ1) is 21.1. The summed E-state index contributed by atoms with van der Waals surface area (Å²) >= 11 is 1.49. The van der Waals surface area contributed by atoms with Gasteiger partial charge in [-0.05, 0) is 80.1 Å². The molecule has 0 saturated heterocycles. The summed E-state index contributed by atoms with van der Waals surface area (Å²) < 4.78 is 11.3. The van der Waals surface area contributed by atoms with E-state index >= 15 is 0 Å². The number of thiophene rings is 1. The van der Waals surface area contributed by atoms with Gasteiger partial charge >= 0.3 is 5.97 Å². The second-order valence-corrected chi connectivity index (χ2v) is 8.63. The van der Waals surface area contributed by atoms with Gasteiger partial charge in [-0.3, -0.25) is 4.79 Å². The van der Waals surface area contributed by atoms with E-state index in [1.165, 1.54) is 21.8 Å². The Morgan fingerprint density at radius 2 is 1.71 bits per heavy atom.